The van der Waals surface area contributed by atoms with E-state index >= 15 is 0 Å². The maximum Gasteiger partial charge on any atom is 0.162 e. The van der Waals surface area contributed by atoms with Crippen LogP contribution in [0.3, 0.4) is 0 Å². The standard InChI is InChI=1S/C17H24BrNO2/c18-16-7-5-15(6-8-16)17(21)4-2-11-19-10-1-3-14(13-19)9-12-20/h5-8,14,20H,1-4,9-13H2. The second-order valence-corrected chi connectivity index (χ2v) is 6.77. The summed E-state index contributed by atoms with van der Waals surface area (Å²) in [5, 5.41) is 9.03. The van der Waals surface area contributed by atoms with Crippen molar-refractivity contribution in [2.45, 2.75) is 32.1 Å². The summed E-state index contributed by atoms with van der Waals surface area (Å²) in [6.07, 6.45) is 4.89. The smallest absolute Gasteiger partial charge is 0.162 e. The van der Waals surface area contributed by atoms with Gasteiger partial charge in [-0.1, -0.05) is 28.1 Å². The zero-order valence-corrected chi connectivity index (χ0v) is 14.0. The first kappa shape index (κ1) is 16.7. The van der Waals surface area contributed by atoms with Gasteiger partial charge in [0.05, 0.1) is 0 Å². The molecule has 116 valence electrons. The molecule has 0 bridgehead atoms. The molecule has 1 aromatic rings. The van der Waals surface area contributed by atoms with Crippen LogP contribution in [0.2, 0.25) is 0 Å². The van der Waals surface area contributed by atoms with E-state index in [1.807, 2.05) is 24.3 Å². The minimum atomic E-state index is 0.228. The van der Waals surface area contributed by atoms with Gasteiger partial charge >= 0.3 is 0 Å². The van der Waals surface area contributed by atoms with Crippen molar-refractivity contribution in [3.63, 3.8) is 0 Å². The molecular weight excluding hydrogens is 330 g/mol. The number of aliphatic hydroxyl groups excluding tert-OH is 1. The highest BCUT2D eigenvalue weighted by molar-refractivity contribution is 9.10. The third-order valence-electron chi connectivity index (χ3n) is 4.18. The predicted molar refractivity (Wildman–Crippen MR) is 88.6 cm³/mol. The van der Waals surface area contributed by atoms with Gasteiger partial charge in [-0.25, -0.2) is 0 Å². The first-order valence-electron chi connectivity index (χ1n) is 7.81. The molecule has 1 saturated heterocycles. The summed E-state index contributed by atoms with van der Waals surface area (Å²) in [6, 6.07) is 7.59. The summed E-state index contributed by atoms with van der Waals surface area (Å²) in [6.45, 7) is 3.49. The van der Waals surface area contributed by atoms with Crippen LogP contribution in [0.15, 0.2) is 28.7 Å². The molecule has 1 fully saturated rings. The molecular formula is C17H24BrNO2. The molecule has 0 aromatic heterocycles. The maximum absolute atomic E-state index is 12.1. The third-order valence-corrected chi connectivity index (χ3v) is 4.71. The molecule has 1 N–H and O–H groups in total. The molecule has 4 heteroatoms. The molecule has 3 nitrogen and oxygen atoms in total. The number of Topliss-reactive ketones (excluding diaryl/α,β-unsaturated/α-hetero) is 1. The number of hydrogen-bond acceptors (Lipinski definition) is 3. The Hall–Kier alpha value is -0.710. The van der Waals surface area contributed by atoms with E-state index in [1.54, 1.807) is 0 Å². The van der Waals surface area contributed by atoms with Crippen molar-refractivity contribution >= 4 is 21.7 Å². The highest BCUT2D eigenvalue weighted by Crippen LogP contribution is 2.20. The van der Waals surface area contributed by atoms with Crippen LogP contribution in [0.1, 0.15) is 42.5 Å². The lowest BCUT2D eigenvalue weighted by atomic mass is 9.95. The number of carbonyl (C=O) groups excluding carboxylic acids is 1. The predicted octanol–water partition coefficient (Wildman–Crippen LogP) is 3.51. The van der Waals surface area contributed by atoms with Crippen molar-refractivity contribution < 1.29 is 9.90 Å². The minimum Gasteiger partial charge on any atom is -0.396 e. The number of nitrogens with zero attached hydrogens (tertiary/aromatic N) is 1. The molecule has 1 aliphatic heterocycles. The van der Waals surface area contributed by atoms with E-state index in [1.165, 1.54) is 12.8 Å². The number of likely N-dealkylation sites (tertiary alicyclic amines) is 1. The average molecular weight is 354 g/mol. The van der Waals surface area contributed by atoms with E-state index in [0.29, 0.717) is 18.9 Å². The molecule has 0 radical (unpaired) electrons. The van der Waals surface area contributed by atoms with Gasteiger partial charge in [0.25, 0.3) is 0 Å². The summed E-state index contributed by atoms with van der Waals surface area (Å²) >= 11 is 3.38. The maximum atomic E-state index is 12.1. The van der Waals surface area contributed by atoms with Crippen LogP contribution in [-0.4, -0.2) is 42.0 Å². The third kappa shape index (κ3) is 5.53. The van der Waals surface area contributed by atoms with Gasteiger partial charge in [0.15, 0.2) is 5.78 Å². The van der Waals surface area contributed by atoms with Crippen molar-refractivity contribution in [3.05, 3.63) is 34.3 Å². The fraction of sp³-hybridized carbons (Fsp3) is 0.588. The molecule has 2 rings (SSSR count). The van der Waals surface area contributed by atoms with Crippen LogP contribution >= 0.6 is 15.9 Å². The monoisotopic (exact) mass is 353 g/mol. The number of piperidine rings is 1. The van der Waals surface area contributed by atoms with Crippen LogP contribution in [0, 0.1) is 5.92 Å². The molecule has 0 amide bonds. The second-order valence-electron chi connectivity index (χ2n) is 5.85. The lowest BCUT2D eigenvalue weighted by Crippen LogP contribution is -2.36. The quantitative estimate of drug-likeness (QED) is 0.762. The number of benzene rings is 1. The number of aliphatic hydroxyl groups is 1. The van der Waals surface area contributed by atoms with E-state index < -0.39 is 0 Å². The normalized spacial score (nSPS) is 19.6. The molecule has 1 aliphatic rings. The fourth-order valence-corrected chi connectivity index (χ4v) is 3.28. The fourth-order valence-electron chi connectivity index (χ4n) is 3.02. The summed E-state index contributed by atoms with van der Waals surface area (Å²) < 4.78 is 1.00. The van der Waals surface area contributed by atoms with Crippen molar-refractivity contribution in [3.8, 4) is 0 Å². The molecule has 1 atom stereocenters. The van der Waals surface area contributed by atoms with E-state index in [2.05, 4.69) is 20.8 Å². The van der Waals surface area contributed by atoms with Gasteiger partial charge in [0.1, 0.15) is 0 Å². The van der Waals surface area contributed by atoms with Crippen molar-refractivity contribution in [2.75, 3.05) is 26.2 Å². The van der Waals surface area contributed by atoms with E-state index in [0.717, 1.165) is 42.5 Å². The minimum absolute atomic E-state index is 0.228. The van der Waals surface area contributed by atoms with E-state index in [9.17, 15) is 4.79 Å². The summed E-state index contributed by atoms with van der Waals surface area (Å²) in [5.41, 5.74) is 0.801. The van der Waals surface area contributed by atoms with Crippen LogP contribution in [0.4, 0.5) is 0 Å². The van der Waals surface area contributed by atoms with Crippen LogP contribution in [0.5, 0.6) is 0 Å². The zero-order valence-electron chi connectivity index (χ0n) is 12.4. The van der Waals surface area contributed by atoms with Crippen LogP contribution in [-0.2, 0) is 0 Å². The SMILES string of the molecule is O=C(CCCN1CCCC(CCO)C1)c1ccc(Br)cc1. The Morgan fingerprint density at radius 3 is 2.81 bits per heavy atom. The molecule has 0 saturated carbocycles. The second kappa shape index (κ2) is 8.66. The van der Waals surface area contributed by atoms with Gasteiger partial charge in [-0.3, -0.25) is 4.79 Å². The molecule has 1 heterocycles. The molecule has 21 heavy (non-hydrogen) atoms. The Morgan fingerprint density at radius 2 is 2.10 bits per heavy atom. The Morgan fingerprint density at radius 1 is 1.33 bits per heavy atom. The Balaban J connectivity index is 1.71. The molecule has 0 spiro atoms. The van der Waals surface area contributed by atoms with E-state index in [-0.39, 0.29) is 5.78 Å². The summed E-state index contributed by atoms with van der Waals surface area (Å²) in [5.74, 6) is 0.859. The highest BCUT2D eigenvalue weighted by atomic mass is 79.9. The Kier molecular flexibility index (Phi) is 6.87. The van der Waals surface area contributed by atoms with E-state index in [4.69, 9.17) is 5.11 Å². The zero-order chi connectivity index (χ0) is 15.1. The lowest BCUT2D eigenvalue weighted by Gasteiger charge is -2.32. The number of rotatable bonds is 7. The summed E-state index contributed by atoms with van der Waals surface area (Å²) in [4.78, 5) is 14.5. The lowest BCUT2D eigenvalue weighted by molar-refractivity contribution is 0.0966. The number of halogens is 1. The topological polar surface area (TPSA) is 40.5 Å². The van der Waals surface area contributed by atoms with Gasteiger partial charge in [0.2, 0.25) is 0 Å². The first-order valence-corrected chi connectivity index (χ1v) is 8.60. The number of hydrogen-bond donors (Lipinski definition) is 1. The van der Waals surface area contributed by atoms with Gasteiger partial charge in [0, 0.05) is 29.6 Å². The van der Waals surface area contributed by atoms with Crippen LogP contribution < -0.4 is 0 Å². The van der Waals surface area contributed by atoms with Crippen molar-refractivity contribution in [1.29, 1.82) is 0 Å². The first-order chi connectivity index (χ1) is 10.2. The highest BCUT2D eigenvalue weighted by Gasteiger charge is 2.19. The van der Waals surface area contributed by atoms with Crippen LogP contribution in [0.25, 0.3) is 0 Å². The Bertz CT molecular complexity index is 445. The van der Waals surface area contributed by atoms with Crippen molar-refractivity contribution in [1.82, 2.24) is 4.90 Å². The Labute approximate surface area is 135 Å². The van der Waals surface area contributed by atoms with Gasteiger partial charge < -0.3 is 10.0 Å². The molecule has 0 aliphatic carbocycles. The van der Waals surface area contributed by atoms with Gasteiger partial charge in [-0.2, -0.15) is 0 Å². The van der Waals surface area contributed by atoms with Crippen molar-refractivity contribution in [2.24, 2.45) is 5.92 Å². The summed E-state index contributed by atoms with van der Waals surface area (Å²) in [7, 11) is 0. The molecule has 1 aromatic carbocycles. The number of ketones is 1. The largest absolute Gasteiger partial charge is 0.396 e. The molecule has 1 unspecified atom stereocenters. The number of carbonyl (C=O) groups is 1. The van der Waals surface area contributed by atoms with Gasteiger partial charge in [-0.05, 0) is 56.8 Å². The average Bonchev–Trinajstić information content (AvgIpc) is 2.48. The van der Waals surface area contributed by atoms with Gasteiger partial charge in [-0.15, -0.1) is 0 Å².